The van der Waals surface area contributed by atoms with E-state index in [2.05, 4.69) is 0 Å². The van der Waals surface area contributed by atoms with Crippen LogP contribution in [0.25, 0.3) is 11.1 Å². The van der Waals surface area contributed by atoms with Gasteiger partial charge in [0.05, 0.1) is 5.56 Å². The second-order valence-electron chi connectivity index (χ2n) is 5.45. The highest BCUT2D eigenvalue weighted by atomic mass is 16.6. The molecular weight excluding hydrogens is 236 g/mol. The number of ether oxygens (including phenoxy) is 1. The maximum absolute atomic E-state index is 11.9. The summed E-state index contributed by atoms with van der Waals surface area (Å²) in [6.07, 6.45) is 0. The maximum atomic E-state index is 11.9. The molecule has 98 valence electrons. The van der Waals surface area contributed by atoms with Crippen molar-refractivity contribution in [3.63, 3.8) is 0 Å². The van der Waals surface area contributed by atoms with E-state index >= 15 is 0 Å². The van der Waals surface area contributed by atoms with Gasteiger partial charge in [-0.3, -0.25) is 0 Å². The Labute approximate surface area is 114 Å². The van der Waals surface area contributed by atoms with Gasteiger partial charge in [0.1, 0.15) is 5.60 Å². The molecule has 2 heteroatoms. The Bertz CT molecular complexity index is 548. The van der Waals surface area contributed by atoms with Crippen molar-refractivity contribution in [1.82, 2.24) is 0 Å². The Balaban J connectivity index is 2.17. The third kappa shape index (κ3) is 3.68. The molecule has 2 rings (SSSR count). The number of carbonyl (C=O) groups is 1. The normalized spacial score (nSPS) is 11.1. The van der Waals surface area contributed by atoms with Crippen molar-refractivity contribution in [3.05, 3.63) is 60.2 Å². The largest absolute Gasteiger partial charge is 0.456 e. The summed E-state index contributed by atoms with van der Waals surface area (Å²) >= 11 is 0. The minimum absolute atomic E-state index is 0.285. The molecule has 0 saturated carbocycles. The summed E-state index contributed by atoms with van der Waals surface area (Å²) in [4.78, 5) is 11.9. The van der Waals surface area contributed by atoms with E-state index in [-0.39, 0.29) is 5.97 Å². The standard InChI is InChI=1S/C17H18O2/c1-17(2,3)19-16(18)15-11-9-14(10-12-15)13-7-5-4-6-8-13/h4-12H,1-3H3. The van der Waals surface area contributed by atoms with Gasteiger partial charge >= 0.3 is 5.97 Å². The van der Waals surface area contributed by atoms with Gasteiger partial charge in [-0.2, -0.15) is 0 Å². The Kier molecular flexibility index (Phi) is 3.70. The van der Waals surface area contributed by atoms with E-state index in [4.69, 9.17) is 4.74 Å². The van der Waals surface area contributed by atoms with Crippen molar-refractivity contribution < 1.29 is 9.53 Å². The van der Waals surface area contributed by atoms with Gasteiger partial charge in [0, 0.05) is 0 Å². The summed E-state index contributed by atoms with van der Waals surface area (Å²) in [6.45, 7) is 5.59. The molecule has 0 amide bonds. The zero-order chi connectivity index (χ0) is 13.9. The van der Waals surface area contributed by atoms with E-state index in [1.165, 1.54) is 0 Å². The van der Waals surface area contributed by atoms with Gasteiger partial charge in [-0.15, -0.1) is 0 Å². The van der Waals surface area contributed by atoms with Gasteiger partial charge < -0.3 is 4.74 Å². The van der Waals surface area contributed by atoms with E-state index in [0.29, 0.717) is 5.56 Å². The number of carbonyl (C=O) groups excluding carboxylic acids is 1. The number of benzene rings is 2. The zero-order valence-electron chi connectivity index (χ0n) is 11.5. The SMILES string of the molecule is CC(C)(C)OC(=O)c1ccc(-c2ccccc2)cc1. The molecule has 0 aliphatic heterocycles. The lowest BCUT2D eigenvalue weighted by molar-refractivity contribution is 0.00696. The number of esters is 1. The fraction of sp³-hybridized carbons (Fsp3) is 0.235. The van der Waals surface area contributed by atoms with Crippen molar-refractivity contribution in [2.45, 2.75) is 26.4 Å². The minimum Gasteiger partial charge on any atom is -0.456 e. The Hall–Kier alpha value is -2.09. The lowest BCUT2D eigenvalue weighted by atomic mass is 10.0. The van der Waals surface area contributed by atoms with Crippen molar-refractivity contribution in [2.75, 3.05) is 0 Å². The molecule has 0 aromatic heterocycles. The lowest BCUT2D eigenvalue weighted by Crippen LogP contribution is -2.23. The van der Waals surface area contributed by atoms with E-state index in [9.17, 15) is 4.79 Å². The van der Waals surface area contributed by atoms with E-state index in [1.54, 1.807) is 12.1 Å². The van der Waals surface area contributed by atoms with Crippen LogP contribution < -0.4 is 0 Å². The summed E-state index contributed by atoms with van der Waals surface area (Å²) in [6, 6.07) is 17.5. The second kappa shape index (κ2) is 5.27. The van der Waals surface area contributed by atoms with Crippen molar-refractivity contribution in [1.29, 1.82) is 0 Å². The van der Waals surface area contributed by atoms with Gasteiger partial charge in [0.25, 0.3) is 0 Å². The Morgan fingerprint density at radius 3 is 1.89 bits per heavy atom. The van der Waals surface area contributed by atoms with Crippen LogP contribution in [0.4, 0.5) is 0 Å². The molecule has 19 heavy (non-hydrogen) atoms. The van der Waals surface area contributed by atoms with Crippen LogP contribution in [0.3, 0.4) is 0 Å². The van der Waals surface area contributed by atoms with E-state index in [1.807, 2.05) is 63.2 Å². The summed E-state index contributed by atoms with van der Waals surface area (Å²) in [5, 5.41) is 0. The molecule has 0 spiro atoms. The summed E-state index contributed by atoms with van der Waals surface area (Å²) in [5.74, 6) is -0.285. The van der Waals surface area contributed by atoms with Crippen LogP contribution in [0, 0.1) is 0 Å². The van der Waals surface area contributed by atoms with Gasteiger partial charge in [0.15, 0.2) is 0 Å². The first kappa shape index (κ1) is 13.3. The van der Waals surface area contributed by atoms with Gasteiger partial charge in [0.2, 0.25) is 0 Å². The molecule has 2 aromatic carbocycles. The van der Waals surface area contributed by atoms with E-state index < -0.39 is 5.60 Å². The maximum Gasteiger partial charge on any atom is 0.338 e. The van der Waals surface area contributed by atoms with E-state index in [0.717, 1.165) is 11.1 Å². The zero-order valence-corrected chi connectivity index (χ0v) is 11.5. The highest BCUT2D eigenvalue weighted by Crippen LogP contribution is 2.20. The monoisotopic (exact) mass is 254 g/mol. The van der Waals surface area contributed by atoms with Crippen LogP contribution in [0.1, 0.15) is 31.1 Å². The molecule has 0 atom stereocenters. The van der Waals surface area contributed by atoms with Gasteiger partial charge in [-0.05, 0) is 44.0 Å². The van der Waals surface area contributed by atoms with Crippen molar-refractivity contribution in [2.24, 2.45) is 0 Å². The topological polar surface area (TPSA) is 26.3 Å². The first-order valence-electron chi connectivity index (χ1n) is 6.34. The predicted molar refractivity (Wildman–Crippen MR) is 77.0 cm³/mol. The van der Waals surface area contributed by atoms with Crippen LogP contribution in [-0.4, -0.2) is 11.6 Å². The molecule has 0 radical (unpaired) electrons. The number of hydrogen-bond donors (Lipinski definition) is 0. The predicted octanol–water partition coefficient (Wildman–Crippen LogP) is 4.31. The number of hydrogen-bond acceptors (Lipinski definition) is 2. The van der Waals surface area contributed by atoms with Crippen LogP contribution in [0.15, 0.2) is 54.6 Å². The molecule has 0 heterocycles. The average molecular weight is 254 g/mol. The molecule has 0 N–H and O–H groups in total. The fourth-order valence-electron chi connectivity index (χ4n) is 1.77. The highest BCUT2D eigenvalue weighted by molar-refractivity contribution is 5.90. The smallest absolute Gasteiger partial charge is 0.338 e. The quantitative estimate of drug-likeness (QED) is 0.746. The summed E-state index contributed by atoms with van der Waals surface area (Å²) in [5.41, 5.74) is 2.34. The first-order chi connectivity index (χ1) is 8.96. The molecule has 2 aromatic rings. The van der Waals surface area contributed by atoms with Crippen LogP contribution in [-0.2, 0) is 4.74 Å². The molecule has 0 aliphatic carbocycles. The van der Waals surface area contributed by atoms with Crippen molar-refractivity contribution in [3.8, 4) is 11.1 Å². The molecule has 0 aliphatic rings. The van der Waals surface area contributed by atoms with Gasteiger partial charge in [-0.25, -0.2) is 4.79 Å². The Morgan fingerprint density at radius 1 is 0.842 bits per heavy atom. The van der Waals surface area contributed by atoms with Crippen LogP contribution in [0.5, 0.6) is 0 Å². The number of rotatable bonds is 2. The molecule has 2 nitrogen and oxygen atoms in total. The second-order valence-corrected chi connectivity index (χ2v) is 5.45. The fourth-order valence-corrected chi connectivity index (χ4v) is 1.77. The summed E-state index contributed by atoms with van der Waals surface area (Å²) in [7, 11) is 0. The highest BCUT2D eigenvalue weighted by Gasteiger charge is 2.17. The average Bonchev–Trinajstić information content (AvgIpc) is 2.38. The van der Waals surface area contributed by atoms with Crippen LogP contribution >= 0.6 is 0 Å². The van der Waals surface area contributed by atoms with Crippen molar-refractivity contribution >= 4 is 5.97 Å². The minimum atomic E-state index is -0.463. The molecular formula is C17H18O2. The molecule has 0 fully saturated rings. The lowest BCUT2D eigenvalue weighted by Gasteiger charge is -2.19. The third-order valence-corrected chi connectivity index (χ3v) is 2.63. The van der Waals surface area contributed by atoms with Gasteiger partial charge in [-0.1, -0.05) is 42.5 Å². The Morgan fingerprint density at radius 2 is 1.37 bits per heavy atom. The molecule has 0 unspecified atom stereocenters. The molecule has 0 bridgehead atoms. The third-order valence-electron chi connectivity index (χ3n) is 2.63. The summed E-state index contributed by atoms with van der Waals surface area (Å²) < 4.78 is 5.33. The molecule has 0 saturated heterocycles. The van der Waals surface area contributed by atoms with Crippen LogP contribution in [0.2, 0.25) is 0 Å². The first-order valence-corrected chi connectivity index (χ1v) is 6.34.